The molecule has 2 fully saturated rings. The Hall–Kier alpha value is -0.995. The van der Waals surface area contributed by atoms with E-state index in [1.54, 1.807) is 0 Å². The molecule has 3 rings (SSSR count). The molecule has 0 unspecified atom stereocenters. The molecule has 3 nitrogen and oxygen atoms in total. The Labute approximate surface area is 134 Å². The lowest BCUT2D eigenvalue weighted by molar-refractivity contribution is 0.00578. The average molecular weight is 302 g/mol. The van der Waals surface area contributed by atoms with E-state index in [2.05, 4.69) is 59.7 Å². The second-order valence-electron chi connectivity index (χ2n) is 7.85. The Morgan fingerprint density at radius 3 is 2.18 bits per heavy atom. The predicted molar refractivity (Wildman–Crippen MR) is 89.9 cm³/mol. The van der Waals surface area contributed by atoms with Crippen LogP contribution in [0.1, 0.15) is 65.9 Å². The van der Waals surface area contributed by atoms with Gasteiger partial charge in [0.25, 0.3) is 0 Å². The molecule has 0 N–H and O–H groups in total. The van der Waals surface area contributed by atoms with Crippen molar-refractivity contribution in [1.29, 1.82) is 0 Å². The highest BCUT2D eigenvalue weighted by molar-refractivity contribution is 6.62. The zero-order chi connectivity index (χ0) is 16.1. The highest BCUT2D eigenvalue weighted by Crippen LogP contribution is 2.37. The first-order valence-corrected chi connectivity index (χ1v) is 8.36. The van der Waals surface area contributed by atoms with Crippen molar-refractivity contribution >= 4 is 12.6 Å². The standard InChI is InChI=1S/C18H27BO3/c1-12(2)15-10-9-14(20-13-7-8-13)11-16(15)19-21-17(3,4)18(5,6)22-19/h9-13H,7-8H2,1-6H3. The normalized spacial score (nSPS) is 23.1. The van der Waals surface area contributed by atoms with Gasteiger partial charge in [-0.25, -0.2) is 0 Å². The molecule has 1 heterocycles. The third-order valence-corrected chi connectivity index (χ3v) is 5.01. The van der Waals surface area contributed by atoms with Crippen molar-refractivity contribution in [1.82, 2.24) is 0 Å². The van der Waals surface area contributed by atoms with E-state index in [0.29, 0.717) is 12.0 Å². The molecule has 1 saturated heterocycles. The number of hydrogen-bond donors (Lipinski definition) is 0. The van der Waals surface area contributed by atoms with E-state index in [-0.39, 0.29) is 18.3 Å². The molecule has 0 radical (unpaired) electrons. The minimum atomic E-state index is -0.329. The maximum atomic E-state index is 6.24. The van der Waals surface area contributed by atoms with Crippen molar-refractivity contribution in [2.45, 2.75) is 77.6 Å². The molecule has 4 heteroatoms. The zero-order valence-corrected chi connectivity index (χ0v) is 14.6. The van der Waals surface area contributed by atoms with Crippen LogP contribution in [0, 0.1) is 0 Å². The highest BCUT2D eigenvalue weighted by Gasteiger charge is 2.52. The van der Waals surface area contributed by atoms with Gasteiger partial charge in [0.05, 0.1) is 17.3 Å². The largest absolute Gasteiger partial charge is 0.495 e. The van der Waals surface area contributed by atoms with Gasteiger partial charge in [0.2, 0.25) is 0 Å². The summed E-state index contributed by atoms with van der Waals surface area (Å²) in [6, 6.07) is 6.33. The Bertz CT molecular complexity index is 545. The second-order valence-corrected chi connectivity index (χ2v) is 7.85. The van der Waals surface area contributed by atoms with Gasteiger partial charge >= 0.3 is 7.12 Å². The Balaban J connectivity index is 1.93. The van der Waals surface area contributed by atoms with E-state index in [1.165, 1.54) is 5.56 Å². The topological polar surface area (TPSA) is 27.7 Å². The third-order valence-electron chi connectivity index (χ3n) is 5.01. The summed E-state index contributed by atoms with van der Waals surface area (Å²) in [6.45, 7) is 12.8. The van der Waals surface area contributed by atoms with Gasteiger partial charge in [0.15, 0.2) is 0 Å². The van der Waals surface area contributed by atoms with Gasteiger partial charge in [-0.2, -0.15) is 0 Å². The summed E-state index contributed by atoms with van der Waals surface area (Å²) >= 11 is 0. The van der Waals surface area contributed by atoms with Gasteiger partial charge < -0.3 is 14.0 Å². The number of hydrogen-bond acceptors (Lipinski definition) is 3. The van der Waals surface area contributed by atoms with Gasteiger partial charge in [0, 0.05) is 0 Å². The minimum Gasteiger partial charge on any atom is -0.490 e. The van der Waals surface area contributed by atoms with E-state index in [9.17, 15) is 0 Å². The lowest BCUT2D eigenvalue weighted by atomic mass is 9.73. The van der Waals surface area contributed by atoms with Crippen molar-refractivity contribution in [2.75, 3.05) is 0 Å². The fourth-order valence-corrected chi connectivity index (χ4v) is 2.70. The summed E-state index contributed by atoms with van der Waals surface area (Å²) in [5.74, 6) is 1.35. The van der Waals surface area contributed by atoms with Crippen LogP contribution in [-0.2, 0) is 9.31 Å². The first-order chi connectivity index (χ1) is 10.2. The molecule has 22 heavy (non-hydrogen) atoms. The van der Waals surface area contributed by atoms with Crippen LogP contribution in [0.3, 0.4) is 0 Å². The molecular weight excluding hydrogens is 275 g/mol. The van der Waals surface area contributed by atoms with Crippen LogP contribution < -0.4 is 10.2 Å². The molecular formula is C18H27BO3. The first-order valence-electron chi connectivity index (χ1n) is 8.36. The van der Waals surface area contributed by atoms with E-state index < -0.39 is 0 Å². The minimum absolute atomic E-state index is 0.320. The summed E-state index contributed by atoms with van der Waals surface area (Å²) in [4.78, 5) is 0. The van der Waals surface area contributed by atoms with E-state index >= 15 is 0 Å². The van der Waals surface area contributed by atoms with Gasteiger partial charge in [-0.3, -0.25) is 0 Å². The fraction of sp³-hybridized carbons (Fsp3) is 0.667. The monoisotopic (exact) mass is 302 g/mol. The van der Waals surface area contributed by atoms with Crippen molar-refractivity contribution in [3.8, 4) is 5.75 Å². The Kier molecular flexibility index (Phi) is 3.81. The maximum absolute atomic E-state index is 6.24. The van der Waals surface area contributed by atoms with Crippen LogP contribution in [0.2, 0.25) is 0 Å². The maximum Gasteiger partial charge on any atom is 0.495 e. The first kappa shape index (κ1) is 15.9. The quantitative estimate of drug-likeness (QED) is 0.795. The van der Waals surface area contributed by atoms with Crippen LogP contribution in [0.25, 0.3) is 0 Å². The fourth-order valence-electron chi connectivity index (χ4n) is 2.70. The molecule has 0 spiro atoms. The van der Waals surface area contributed by atoms with E-state index in [4.69, 9.17) is 14.0 Å². The van der Waals surface area contributed by atoms with Crippen molar-refractivity contribution in [3.63, 3.8) is 0 Å². The molecule has 1 aliphatic heterocycles. The van der Waals surface area contributed by atoms with E-state index in [0.717, 1.165) is 24.1 Å². The SMILES string of the molecule is CC(C)c1ccc(OC2CC2)cc1B1OC(C)(C)C(C)(C)O1. The second kappa shape index (κ2) is 5.28. The van der Waals surface area contributed by atoms with Crippen LogP contribution in [0.4, 0.5) is 0 Å². The Morgan fingerprint density at radius 1 is 1.09 bits per heavy atom. The van der Waals surface area contributed by atoms with Gasteiger partial charge in [-0.1, -0.05) is 19.9 Å². The summed E-state index contributed by atoms with van der Waals surface area (Å²) < 4.78 is 18.4. The molecule has 0 aromatic heterocycles. The molecule has 1 saturated carbocycles. The molecule has 120 valence electrons. The number of rotatable bonds is 4. The summed E-state index contributed by atoms with van der Waals surface area (Å²) in [5.41, 5.74) is 1.73. The molecule has 1 aromatic carbocycles. The van der Waals surface area contributed by atoms with Crippen LogP contribution >= 0.6 is 0 Å². The zero-order valence-electron chi connectivity index (χ0n) is 14.6. The Morgan fingerprint density at radius 2 is 1.68 bits per heavy atom. The van der Waals surface area contributed by atoms with Crippen molar-refractivity contribution < 1.29 is 14.0 Å². The summed E-state index contributed by atoms with van der Waals surface area (Å²) in [5, 5.41) is 0. The van der Waals surface area contributed by atoms with Crippen molar-refractivity contribution in [3.05, 3.63) is 23.8 Å². The number of ether oxygens (including phenoxy) is 1. The third kappa shape index (κ3) is 2.91. The van der Waals surface area contributed by atoms with Gasteiger partial charge in [-0.15, -0.1) is 0 Å². The summed E-state index contributed by atoms with van der Waals surface area (Å²) in [7, 11) is -0.329. The molecule has 2 aliphatic rings. The lowest BCUT2D eigenvalue weighted by Gasteiger charge is -2.32. The van der Waals surface area contributed by atoms with Gasteiger partial charge in [0.1, 0.15) is 5.75 Å². The summed E-state index contributed by atoms with van der Waals surface area (Å²) in [6.07, 6.45) is 2.73. The molecule has 0 atom stereocenters. The van der Waals surface area contributed by atoms with E-state index in [1.807, 2.05) is 0 Å². The van der Waals surface area contributed by atoms with Gasteiger partial charge in [-0.05, 0) is 69.6 Å². The molecule has 1 aliphatic carbocycles. The van der Waals surface area contributed by atoms with Crippen LogP contribution in [-0.4, -0.2) is 24.4 Å². The highest BCUT2D eigenvalue weighted by atomic mass is 16.7. The molecule has 0 amide bonds. The van der Waals surface area contributed by atoms with Crippen LogP contribution in [0.5, 0.6) is 5.75 Å². The lowest BCUT2D eigenvalue weighted by Crippen LogP contribution is -2.41. The molecule has 1 aromatic rings. The average Bonchev–Trinajstić information content (AvgIpc) is 3.17. The van der Waals surface area contributed by atoms with Crippen LogP contribution in [0.15, 0.2) is 18.2 Å². The number of benzene rings is 1. The van der Waals surface area contributed by atoms with Crippen molar-refractivity contribution in [2.24, 2.45) is 0 Å². The molecule has 0 bridgehead atoms. The smallest absolute Gasteiger partial charge is 0.490 e. The predicted octanol–water partition coefficient (Wildman–Crippen LogP) is 3.65.